The van der Waals surface area contributed by atoms with Crippen LogP contribution in [-0.4, -0.2) is 16.0 Å². The lowest BCUT2D eigenvalue weighted by Crippen LogP contribution is -1.93. The molecule has 0 unspecified atom stereocenters. The van der Waals surface area contributed by atoms with Gasteiger partial charge in [0, 0.05) is 11.8 Å². The second-order valence-corrected chi connectivity index (χ2v) is 3.49. The van der Waals surface area contributed by atoms with Crippen molar-refractivity contribution in [2.45, 2.75) is 19.8 Å². The van der Waals surface area contributed by atoms with Crippen LogP contribution >= 0.6 is 0 Å². The van der Waals surface area contributed by atoms with Crippen molar-refractivity contribution in [3.8, 4) is 0 Å². The first-order valence-electron chi connectivity index (χ1n) is 4.67. The van der Waals surface area contributed by atoms with Gasteiger partial charge in [-0.25, -0.2) is 0 Å². The van der Waals surface area contributed by atoms with E-state index in [0.29, 0.717) is 6.42 Å². The highest BCUT2D eigenvalue weighted by atomic mass is 16.1. The van der Waals surface area contributed by atoms with Crippen LogP contribution in [0.5, 0.6) is 0 Å². The first-order valence-corrected chi connectivity index (χ1v) is 4.67. The van der Waals surface area contributed by atoms with Gasteiger partial charge < -0.3 is 4.79 Å². The number of H-pyrrole nitrogens is 1. The quantitative estimate of drug-likeness (QED) is 0.801. The normalized spacial score (nSPS) is 10.6. The average Bonchev–Trinajstić information content (AvgIpc) is 2.61. The Balaban J connectivity index is 2.21. The Kier molecular flexibility index (Phi) is 2.31. The molecule has 0 fully saturated rings. The van der Waals surface area contributed by atoms with Gasteiger partial charge in [0.1, 0.15) is 5.78 Å². The molecule has 14 heavy (non-hydrogen) atoms. The lowest BCUT2D eigenvalue weighted by molar-refractivity contribution is -0.116. The van der Waals surface area contributed by atoms with E-state index >= 15 is 0 Å². The number of fused-ring (bicyclic) bond motifs is 1. The average molecular weight is 188 g/mol. The Labute approximate surface area is 82.1 Å². The van der Waals surface area contributed by atoms with Crippen LogP contribution in [0.2, 0.25) is 0 Å². The van der Waals surface area contributed by atoms with E-state index in [0.717, 1.165) is 17.3 Å². The predicted octanol–water partition coefficient (Wildman–Crippen LogP) is 2.08. The fourth-order valence-corrected chi connectivity index (χ4v) is 1.47. The van der Waals surface area contributed by atoms with Crippen molar-refractivity contribution in [3.05, 3.63) is 30.0 Å². The number of ketones is 1. The molecule has 0 aliphatic heterocycles. The van der Waals surface area contributed by atoms with Gasteiger partial charge in [-0.15, -0.1) is 0 Å². The maximum Gasteiger partial charge on any atom is 0.130 e. The highest BCUT2D eigenvalue weighted by molar-refractivity contribution is 5.79. The van der Waals surface area contributed by atoms with Gasteiger partial charge in [0.2, 0.25) is 0 Å². The Morgan fingerprint density at radius 1 is 1.50 bits per heavy atom. The number of nitrogens with one attached hydrogen (secondary N) is 1. The number of rotatable bonds is 3. The van der Waals surface area contributed by atoms with Crippen LogP contribution in [0.4, 0.5) is 0 Å². The van der Waals surface area contributed by atoms with Crippen molar-refractivity contribution in [2.75, 3.05) is 0 Å². The van der Waals surface area contributed by atoms with Gasteiger partial charge in [0.15, 0.2) is 0 Å². The zero-order valence-corrected chi connectivity index (χ0v) is 8.08. The van der Waals surface area contributed by atoms with Gasteiger partial charge in [0.05, 0.1) is 11.7 Å². The van der Waals surface area contributed by atoms with E-state index < -0.39 is 0 Å². The first kappa shape index (κ1) is 8.94. The molecule has 3 heteroatoms. The molecule has 1 heterocycles. The van der Waals surface area contributed by atoms with Crippen molar-refractivity contribution in [2.24, 2.45) is 0 Å². The van der Waals surface area contributed by atoms with E-state index in [1.165, 1.54) is 5.56 Å². The molecule has 0 atom stereocenters. The summed E-state index contributed by atoms with van der Waals surface area (Å²) in [6, 6.07) is 6.10. The number of hydrogen-bond acceptors (Lipinski definition) is 2. The second-order valence-electron chi connectivity index (χ2n) is 3.49. The highest BCUT2D eigenvalue weighted by Crippen LogP contribution is 2.14. The molecule has 3 nitrogen and oxygen atoms in total. The van der Waals surface area contributed by atoms with Crippen LogP contribution in [0.25, 0.3) is 10.9 Å². The monoisotopic (exact) mass is 188 g/mol. The zero-order valence-electron chi connectivity index (χ0n) is 8.08. The number of carbonyl (C=O) groups excluding carboxylic acids is 1. The molecule has 0 saturated heterocycles. The Morgan fingerprint density at radius 2 is 2.36 bits per heavy atom. The van der Waals surface area contributed by atoms with Crippen LogP contribution in [0, 0.1) is 0 Å². The van der Waals surface area contributed by atoms with Crippen LogP contribution in [-0.2, 0) is 11.2 Å². The molecule has 1 aromatic carbocycles. The van der Waals surface area contributed by atoms with Gasteiger partial charge in [-0.3, -0.25) is 5.10 Å². The summed E-state index contributed by atoms with van der Waals surface area (Å²) in [5, 5.41) is 7.94. The van der Waals surface area contributed by atoms with Gasteiger partial charge in [-0.2, -0.15) is 5.10 Å². The summed E-state index contributed by atoms with van der Waals surface area (Å²) in [6.45, 7) is 1.62. The number of carbonyl (C=O) groups is 1. The van der Waals surface area contributed by atoms with Crippen molar-refractivity contribution in [1.82, 2.24) is 10.2 Å². The Hall–Kier alpha value is -1.64. The SMILES string of the molecule is CC(=O)CCc1ccc2[nH]ncc2c1. The summed E-state index contributed by atoms with van der Waals surface area (Å²) in [7, 11) is 0. The van der Waals surface area contributed by atoms with E-state index in [9.17, 15) is 4.79 Å². The third-order valence-corrected chi connectivity index (χ3v) is 2.27. The van der Waals surface area contributed by atoms with Crippen LogP contribution in [0.15, 0.2) is 24.4 Å². The number of nitrogens with zero attached hydrogens (tertiary/aromatic N) is 1. The molecular weight excluding hydrogens is 176 g/mol. The second kappa shape index (κ2) is 3.62. The molecule has 0 saturated carbocycles. The number of hydrogen-bond donors (Lipinski definition) is 1. The number of aromatic amines is 1. The molecule has 0 radical (unpaired) electrons. The molecule has 1 aromatic heterocycles. The molecule has 2 aromatic rings. The fourth-order valence-electron chi connectivity index (χ4n) is 1.47. The largest absolute Gasteiger partial charge is 0.300 e. The minimum atomic E-state index is 0.234. The zero-order chi connectivity index (χ0) is 9.97. The summed E-state index contributed by atoms with van der Waals surface area (Å²) in [4.78, 5) is 10.8. The molecule has 72 valence electrons. The third-order valence-electron chi connectivity index (χ3n) is 2.27. The van der Waals surface area contributed by atoms with E-state index in [2.05, 4.69) is 16.3 Å². The molecule has 0 aliphatic rings. The minimum absolute atomic E-state index is 0.234. The maximum atomic E-state index is 10.8. The molecule has 0 spiro atoms. The van der Waals surface area contributed by atoms with Crippen molar-refractivity contribution in [1.29, 1.82) is 0 Å². The molecular formula is C11H12N2O. The summed E-state index contributed by atoms with van der Waals surface area (Å²) >= 11 is 0. The van der Waals surface area contributed by atoms with Gasteiger partial charge in [-0.05, 0) is 31.0 Å². The first-order chi connectivity index (χ1) is 6.75. The van der Waals surface area contributed by atoms with Gasteiger partial charge in [-0.1, -0.05) is 6.07 Å². The number of aromatic nitrogens is 2. The summed E-state index contributed by atoms with van der Waals surface area (Å²) in [6.07, 6.45) is 3.23. The minimum Gasteiger partial charge on any atom is -0.300 e. The Bertz CT molecular complexity index is 459. The highest BCUT2D eigenvalue weighted by Gasteiger charge is 1.99. The topological polar surface area (TPSA) is 45.8 Å². The van der Waals surface area contributed by atoms with Crippen molar-refractivity contribution < 1.29 is 4.79 Å². The van der Waals surface area contributed by atoms with E-state index in [4.69, 9.17) is 0 Å². The summed E-state index contributed by atoms with van der Waals surface area (Å²) in [5.41, 5.74) is 2.23. The third kappa shape index (κ3) is 1.82. The predicted molar refractivity (Wildman–Crippen MR) is 55.1 cm³/mol. The number of aryl methyl sites for hydroxylation is 1. The van der Waals surface area contributed by atoms with E-state index in [-0.39, 0.29) is 5.78 Å². The molecule has 0 bridgehead atoms. The summed E-state index contributed by atoms with van der Waals surface area (Å²) in [5.74, 6) is 0.234. The smallest absolute Gasteiger partial charge is 0.130 e. The number of benzene rings is 1. The number of Topliss-reactive ketones (excluding diaryl/α,β-unsaturated/α-hetero) is 1. The molecule has 2 rings (SSSR count). The van der Waals surface area contributed by atoms with Gasteiger partial charge >= 0.3 is 0 Å². The van der Waals surface area contributed by atoms with Crippen molar-refractivity contribution in [3.63, 3.8) is 0 Å². The standard InChI is InChI=1S/C11H12N2O/c1-8(14)2-3-9-4-5-11-10(6-9)7-12-13-11/h4-7H,2-3H2,1H3,(H,12,13). The van der Waals surface area contributed by atoms with E-state index in [1.807, 2.05) is 12.1 Å². The van der Waals surface area contributed by atoms with Crippen LogP contribution in [0.1, 0.15) is 18.9 Å². The van der Waals surface area contributed by atoms with Crippen LogP contribution in [0.3, 0.4) is 0 Å². The van der Waals surface area contributed by atoms with Crippen LogP contribution < -0.4 is 0 Å². The van der Waals surface area contributed by atoms with E-state index in [1.54, 1.807) is 13.1 Å². The Morgan fingerprint density at radius 3 is 3.14 bits per heavy atom. The summed E-state index contributed by atoms with van der Waals surface area (Å²) < 4.78 is 0. The fraction of sp³-hybridized carbons (Fsp3) is 0.273. The van der Waals surface area contributed by atoms with Gasteiger partial charge in [0.25, 0.3) is 0 Å². The molecule has 0 aliphatic carbocycles. The maximum absolute atomic E-state index is 10.8. The van der Waals surface area contributed by atoms with Crippen molar-refractivity contribution >= 4 is 16.7 Å². The molecule has 1 N–H and O–H groups in total. The molecule has 0 amide bonds. The lowest BCUT2D eigenvalue weighted by Gasteiger charge is -1.98. The lowest BCUT2D eigenvalue weighted by atomic mass is 10.1.